The second-order valence-corrected chi connectivity index (χ2v) is 5.48. The molecule has 0 aromatic heterocycles. The van der Waals surface area contributed by atoms with E-state index in [0.29, 0.717) is 33.0 Å². The second kappa shape index (κ2) is 18.4. The normalized spacial score (nSPS) is 11.9. The molecule has 0 aliphatic rings. The standard InChI is InChI=1S/C17H35NO4/c1-3-4-5-6-7-8-9-10-17(2)18-22-16-15-21-14-13-20-12-11-19/h19H,3-16H2,1-2H3/b18-17+. The molecule has 0 radical (unpaired) electrons. The molecule has 5 nitrogen and oxygen atoms in total. The Kier molecular flexibility index (Phi) is 17.9. The van der Waals surface area contributed by atoms with Crippen LogP contribution in [0.25, 0.3) is 0 Å². The summed E-state index contributed by atoms with van der Waals surface area (Å²) in [5, 5.41) is 12.6. The van der Waals surface area contributed by atoms with Crippen molar-refractivity contribution in [2.75, 3.05) is 39.6 Å². The Balaban J connectivity index is 3.24. The number of oxime groups is 1. The van der Waals surface area contributed by atoms with E-state index in [2.05, 4.69) is 12.1 Å². The molecule has 0 heterocycles. The van der Waals surface area contributed by atoms with Crippen LogP contribution in [0.4, 0.5) is 0 Å². The lowest BCUT2D eigenvalue weighted by atomic mass is 10.1. The van der Waals surface area contributed by atoms with Gasteiger partial charge in [0.05, 0.1) is 38.7 Å². The van der Waals surface area contributed by atoms with Crippen LogP contribution >= 0.6 is 0 Å². The van der Waals surface area contributed by atoms with Gasteiger partial charge in [-0.2, -0.15) is 0 Å². The fourth-order valence-corrected chi connectivity index (χ4v) is 2.02. The van der Waals surface area contributed by atoms with Crippen LogP contribution in [0.1, 0.15) is 65.2 Å². The molecule has 0 saturated carbocycles. The SMILES string of the molecule is CCCCCCCCC/C(C)=N/OCCOCCOCCO. The molecule has 132 valence electrons. The van der Waals surface area contributed by atoms with Crippen LogP contribution in [-0.4, -0.2) is 50.5 Å². The fraction of sp³-hybridized carbons (Fsp3) is 0.941. The molecule has 0 rings (SSSR count). The first-order valence-corrected chi connectivity index (χ1v) is 8.73. The highest BCUT2D eigenvalue weighted by atomic mass is 16.6. The largest absolute Gasteiger partial charge is 0.394 e. The van der Waals surface area contributed by atoms with E-state index in [1.807, 2.05) is 6.92 Å². The Morgan fingerprint density at radius 1 is 0.818 bits per heavy atom. The summed E-state index contributed by atoms with van der Waals surface area (Å²) in [4.78, 5) is 5.22. The summed E-state index contributed by atoms with van der Waals surface area (Å²) in [6.07, 6.45) is 10.2. The van der Waals surface area contributed by atoms with Crippen molar-refractivity contribution in [2.45, 2.75) is 65.2 Å². The van der Waals surface area contributed by atoms with E-state index < -0.39 is 0 Å². The highest BCUT2D eigenvalue weighted by molar-refractivity contribution is 5.81. The van der Waals surface area contributed by atoms with Crippen LogP contribution in [0.5, 0.6) is 0 Å². The lowest BCUT2D eigenvalue weighted by molar-refractivity contribution is 0.00858. The van der Waals surface area contributed by atoms with Crippen LogP contribution in [0.3, 0.4) is 0 Å². The summed E-state index contributed by atoms with van der Waals surface area (Å²) in [6, 6.07) is 0. The molecule has 0 aliphatic heterocycles. The molecule has 0 aliphatic carbocycles. The number of rotatable bonds is 17. The Morgan fingerprint density at radius 3 is 2.09 bits per heavy atom. The third-order valence-corrected chi connectivity index (χ3v) is 3.29. The van der Waals surface area contributed by atoms with Crippen LogP contribution < -0.4 is 0 Å². The van der Waals surface area contributed by atoms with Gasteiger partial charge in [0.25, 0.3) is 0 Å². The Labute approximate surface area is 136 Å². The molecule has 0 saturated heterocycles. The van der Waals surface area contributed by atoms with Crippen molar-refractivity contribution in [2.24, 2.45) is 5.16 Å². The van der Waals surface area contributed by atoms with Gasteiger partial charge in [-0.05, 0) is 19.8 Å². The topological polar surface area (TPSA) is 60.3 Å². The Morgan fingerprint density at radius 2 is 1.41 bits per heavy atom. The number of aliphatic hydroxyl groups excluding tert-OH is 1. The molecule has 0 fully saturated rings. The van der Waals surface area contributed by atoms with Gasteiger partial charge in [-0.15, -0.1) is 0 Å². The van der Waals surface area contributed by atoms with Gasteiger partial charge >= 0.3 is 0 Å². The maximum atomic E-state index is 8.52. The minimum absolute atomic E-state index is 0.0514. The van der Waals surface area contributed by atoms with Gasteiger partial charge in [0, 0.05) is 0 Å². The number of hydrogen-bond donors (Lipinski definition) is 1. The Hall–Kier alpha value is -0.650. The first-order chi connectivity index (χ1) is 10.8. The van der Waals surface area contributed by atoms with Crippen molar-refractivity contribution in [1.82, 2.24) is 0 Å². The van der Waals surface area contributed by atoms with E-state index in [9.17, 15) is 0 Å². The molecule has 5 heteroatoms. The van der Waals surface area contributed by atoms with Crippen molar-refractivity contribution < 1.29 is 19.4 Å². The number of aliphatic hydroxyl groups is 1. The van der Waals surface area contributed by atoms with Crippen molar-refractivity contribution in [3.63, 3.8) is 0 Å². The van der Waals surface area contributed by atoms with Crippen molar-refractivity contribution in [3.8, 4) is 0 Å². The molecule has 0 unspecified atom stereocenters. The number of nitrogens with zero attached hydrogens (tertiary/aromatic N) is 1. The lowest BCUT2D eigenvalue weighted by Gasteiger charge is -2.05. The van der Waals surface area contributed by atoms with Gasteiger partial charge < -0.3 is 19.4 Å². The van der Waals surface area contributed by atoms with E-state index in [-0.39, 0.29) is 6.61 Å². The molecule has 0 aromatic carbocycles. The minimum atomic E-state index is 0.0514. The number of hydrogen-bond acceptors (Lipinski definition) is 5. The molecule has 1 N–H and O–H groups in total. The summed E-state index contributed by atoms with van der Waals surface area (Å²) in [5.41, 5.74) is 1.06. The highest BCUT2D eigenvalue weighted by Gasteiger charge is 1.95. The van der Waals surface area contributed by atoms with Gasteiger partial charge in [0.1, 0.15) is 6.61 Å². The number of unbranched alkanes of at least 4 members (excludes halogenated alkanes) is 6. The molecule has 0 spiro atoms. The molecule has 0 bridgehead atoms. The predicted octanol–water partition coefficient (Wildman–Crippen LogP) is 3.55. The van der Waals surface area contributed by atoms with Crippen LogP contribution in [0.2, 0.25) is 0 Å². The third-order valence-electron chi connectivity index (χ3n) is 3.29. The Bertz CT molecular complexity index is 247. The molecular formula is C17H35NO4. The first-order valence-electron chi connectivity index (χ1n) is 8.73. The maximum absolute atomic E-state index is 8.52. The van der Waals surface area contributed by atoms with Crippen LogP contribution in [0, 0.1) is 0 Å². The zero-order valence-corrected chi connectivity index (χ0v) is 14.5. The van der Waals surface area contributed by atoms with Gasteiger partial charge in [0.2, 0.25) is 0 Å². The van der Waals surface area contributed by atoms with E-state index in [4.69, 9.17) is 19.4 Å². The minimum Gasteiger partial charge on any atom is -0.394 e. The van der Waals surface area contributed by atoms with Crippen molar-refractivity contribution >= 4 is 5.71 Å². The summed E-state index contributed by atoms with van der Waals surface area (Å²) in [7, 11) is 0. The van der Waals surface area contributed by atoms with Crippen molar-refractivity contribution in [1.29, 1.82) is 0 Å². The zero-order chi connectivity index (χ0) is 16.3. The van der Waals surface area contributed by atoms with E-state index in [1.54, 1.807) is 0 Å². The summed E-state index contributed by atoms with van der Waals surface area (Å²) >= 11 is 0. The van der Waals surface area contributed by atoms with E-state index >= 15 is 0 Å². The summed E-state index contributed by atoms with van der Waals surface area (Å²) in [5.74, 6) is 0. The summed E-state index contributed by atoms with van der Waals surface area (Å²) < 4.78 is 10.4. The molecule has 0 amide bonds. The molecular weight excluding hydrogens is 282 g/mol. The lowest BCUT2D eigenvalue weighted by Crippen LogP contribution is -2.10. The monoisotopic (exact) mass is 317 g/mol. The average molecular weight is 317 g/mol. The smallest absolute Gasteiger partial charge is 0.140 e. The van der Waals surface area contributed by atoms with Crippen LogP contribution in [-0.2, 0) is 14.3 Å². The summed E-state index contributed by atoms with van der Waals surface area (Å²) in [6.45, 7) is 6.67. The highest BCUT2D eigenvalue weighted by Crippen LogP contribution is 2.08. The predicted molar refractivity (Wildman–Crippen MR) is 90.4 cm³/mol. The van der Waals surface area contributed by atoms with E-state index in [1.165, 1.54) is 44.9 Å². The average Bonchev–Trinajstić information content (AvgIpc) is 2.52. The molecule has 22 heavy (non-hydrogen) atoms. The van der Waals surface area contributed by atoms with Crippen LogP contribution in [0.15, 0.2) is 5.16 Å². The number of ether oxygens (including phenoxy) is 2. The fourth-order valence-electron chi connectivity index (χ4n) is 2.02. The maximum Gasteiger partial charge on any atom is 0.140 e. The van der Waals surface area contributed by atoms with Gasteiger partial charge in [0.15, 0.2) is 0 Å². The van der Waals surface area contributed by atoms with Gasteiger partial charge in [-0.25, -0.2) is 0 Å². The van der Waals surface area contributed by atoms with E-state index in [0.717, 1.165) is 12.1 Å². The second-order valence-electron chi connectivity index (χ2n) is 5.48. The molecule has 0 atom stereocenters. The third kappa shape index (κ3) is 17.4. The zero-order valence-electron chi connectivity index (χ0n) is 14.5. The van der Waals surface area contributed by atoms with Gasteiger partial charge in [-0.3, -0.25) is 0 Å². The molecule has 0 aromatic rings. The quantitative estimate of drug-likeness (QED) is 0.253. The van der Waals surface area contributed by atoms with Crippen molar-refractivity contribution in [3.05, 3.63) is 0 Å². The first kappa shape index (κ1) is 21.4. The van der Waals surface area contributed by atoms with Gasteiger partial charge in [-0.1, -0.05) is 50.6 Å².